The number of rotatable bonds is 3. The fourth-order valence-electron chi connectivity index (χ4n) is 6.76. The van der Waals surface area contributed by atoms with Crippen LogP contribution in [-0.4, -0.2) is 29.6 Å². The third-order valence-electron chi connectivity index (χ3n) is 8.68. The van der Waals surface area contributed by atoms with Gasteiger partial charge < -0.3 is 4.74 Å². The van der Waals surface area contributed by atoms with Crippen molar-refractivity contribution >= 4 is 5.97 Å². The first-order valence-electron chi connectivity index (χ1n) is 10.5. The smallest absolute Gasteiger partial charge is 0.323 e. The number of ether oxygens (including phenoxy) is 1. The molecule has 5 saturated carbocycles. The molecule has 0 N–H and O–H groups in total. The first kappa shape index (κ1) is 20.4. The molecule has 5 rings (SSSR count). The fourth-order valence-corrected chi connectivity index (χ4v) is 6.76. The van der Waals surface area contributed by atoms with Gasteiger partial charge in [0.05, 0.1) is 5.41 Å². The Hall–Kier alpha value is -0.880. The van der Waals surface area contributed by atoms with Crippen LogP contribution in [0.25, 0.3) is 0 Å². The number of halogens is 5. The molecule has 0 heterocycles. The number of carbonyl (C=O) groups excluding carboxylic acids is 1. The van der Waals surface area contributed by atoms with Gasteiger partial charge in [-0.3, -0.25) is 4.79 Å². The molecule has 0 spiro atoms. The molecule has 2 nitrogen and oxygen atoms in total. The van der Waals surface area contributed by atoms with Gasteiger partial charge in [0.2, 0.25) is 5.67 Å². The zero-order valence-electron chi connectivity index (χ0n) is 16.6. The molecule has 0 amide bonds. The van der Waals surface area contributed by atoms with E-state index in [1.54, 1.807) is 6.92 Å². The van der Waals surface area contributed by atoms with Gasteiger partial charge >= 0.3 is 11.9 Å². The fraction of sp³-hybridized carbons (Fsp3) is 0.952. The SMILES string of the molecule is CCC1CC(OC(=O)C2(C)C3CC4CC(C3)CC2C4)C(F)(F)C(C)(F)C1(F)F. The van der Waals surface area contributed by atoms with E-state index in [1.165, 1.54) is 13.3 Å². The highest BCUT2D eigenvalue weighted by atomic mass is 19.3. The Morgan fingerprint density at radius 1 is 0.857 bits per heavy atom. The lowest BCUT2D eigenvalue weighted by Crippen LogP contribution is -2.68. The second-order valence-electron chi connectivity index (χ2n) is 10.1. The van der Waals surface area contributed by atoms with E-state index < -0.39 is 47.3 Å². The van der Waals surface area contributed by atoms with E-state index in [9.17, 15) is 26.7 Å². The largest absolute Gasteiger partial charge is 0.455 e. The summed E-state index contributed by atoms with van der Waals surface area (Å²) in [6.45, 7) is 3.43. The van der Waals surface area contributed by atoms with Crippen LogP contribution in [0.2, 0.25) is 0 Å². The highest BCUT2D eigenvalue weighted by Gasteiger charge is 2.76. The maximum Gasteiger partial charge on any atom is 0.323 e. The molecule has 160 valence electrons. The number of esters is 1. The third-order valence-corrected chi connectivity index (χ3v) is 8.68. The van der Waals surface area contributed by atoms with Crippen LogP contribution in [-0.2, 0) is 9.53 Å². The summed E-state index contributed by atoms with van der Waals surface area (Å²) >= 11 is 0. The van der Waals surface area contributed by atoms with Crippen molar-refractivity contribution in [2.45, 2.75) is 89.3 Å². The molecule has 28 heavy (non-hydrogen) atoms. The van der Waals surface area contributed by atoms with Crippen LogP contribution in [0.4, 0.5) is 22.0 Å². The van der Waals surface area contributed by atoms with E-state index in [-0.39, 0.29) is 25.2 Å². The molecule has 3 unspecified atom stereocenters. The Balaban J connectivity index is 1.59. The highest BCUT2D eigenvalue weighted by molar-refractivity contribution is 5.78. The summed E-state index contributed by atoms with van der Waals surface area (Å²) in [5, 5.41) is 0. The van der Waals surface area contributed by atoms with E-state index in [1.807, 2.05) is 0 Å². The van der Waals surface area contributed by atoms with Crippen molar-refractivity contribution < 1.29 is 31.5 Å². The van der Waals surface area contributed by atoms with Gasteiger partial charge in [0.25, 0.3) is 5.92 Å². The number of hydrogen-bond donors (Lipinski definition) is 0. The number of carbonyl (C=O) groups is 1. The van der Waals surface area contributed by atoms with Gasteiger partial charge in [-0.05, 0) is 82.5 Å². The molecule has 4 bridgehead atoms. The number of alkyl halides is 5. The molecule has 5 aliphatic carbocycles. The van der Waals surface area contributed by atoms with Gasteiger partial charge in [-0.2, -0.15) is 8.78 Å². The van der Waals surface area contributed by atoms with Crippen LogP contribution < -0.4 is 0 Å². The Kier molecular flexibility index (Phi) is 4.42. The monoisotopic (exact) mass is 408 g/mol. The standard InChI is InChI=1S/C21H29F5O2/c1-4-13-10-16(21(25,26)19(3,22)20(13,23)24)28-17(27)18(2)14-6-11-5-12(8-14)9-15(18)7-11/h11-16H,4-10H2,1-3H3. The summed E-state index contributed by atoms with van der Waals surface area (Å²) in [7, 11) is 0. The molecule has 3 atom stereocenters. The summed E-state index contributed by atoms with van der Waals surface area (Å²) in [6, 6.07) is 0. The van der Waals surface area contributed by atoms with Crippen LogP contribution in [0.15, 0.2) is 0 Å². The van der Waals surface area contributed by atoms with Crippen molar-refractivity contribution in [1.82, 2.24) is 0 Å². The summed E-state index contributed by atoms with van der Waals surface area (Å²) < 4.78 is 78.0. The highest BCUT2D eigenvalue weighted by Crippen LogP contribution is 2.63. The van der Waals surface area contributed by atoms with Crippen molar-refractivity contribution in [2.24, 2.45) is 35.0 Å². The zero-order chi connectivity index (χ0) is 20.7. The lowest BCUT2D eigenvalue weighted by Gasteiger charge is -2.59. The van der Waals surface area contributed by atoms with Crippen molar-refractivity contribution in [3.05, 3.63) is 0 Å². The predicted octanol–water partition coefficient (Wildman–Crippen LogP) is 5.79. The van der Waals surface area contributed by atoms with Gasteiger partial charge in [0, 0.05) is 5.92 Å². The van der Waals surface area contributed by atoms with Gasteiger partial charge in [-0.15, -0.1) is 0 Å². The summed E-state index contributed by atoms with van der Waals surface area (Å²) in [6.07, 6.45) is 1.67. The average molecular weight is 408 g/mol. The minimum absolute atomic E-state index is 0.0774. The molecule has 0 saturated heterocycles. The molecule has 0 aromatic rings. The maximum atomic E-state index is 14.7. The Labute approximate surface area is 162 Å². The molecule has 5 fully saturated rings. The topological polar surface area (TPSA) is 26.3 Å². The first-order chi connectivity index (χ1) is 12.9. The van der Waals surface area contributed by atoms with Crippen molar-refractivity contribution in [2.75, 3.05) is 0 Å². The molecule has 7 heteroatoms. The van der Waals surface area contributed by atoms with Crippen LogP contribution in [0.5, 0.6) is 0 Å². The van der Waals surface area contributed by atoms with E-state index >= 15 is 0 Å². The van der Waals surface area contributed by atoms with Crippen LogP contribution in [0, 0.1) is 35.0 Å². The molecular formula is C21H29F5O2. The first-order valence-corrected chi connectivity index (χ1v) is 10.5. The normalized spacial score (nSPS) is 51.1. The third kappa shape index (κ3) is 2.46. The van der Waals surface area contributed by atoms with E-state index in [4.69, 9.17) is 4.74 Å². The molecule has 5 aliphatic rings. The van der Waals surface area contributed by atoms with Crippen molar-refractivity contribution in [3.63, 3.8) is 0 Å². The minimum Gasteiger partial charge on any atom is -0.455 e. The average Bonchev–Trinajstić information content (AvgIpc) is 2.60. The van der Waals surface area contributed by atoms with E-state index in [2.05, 4.69) is 0 Å². The summed E-state index contributed by atoms with van der Waals surface area (Å²) in [5.41, 5.74) is -4.94. The van der Waals surface area contributed by atoms with Crippen LogP contribution in [0.1, 0.15) is 65.7 Å². The number of hydrogen-bond acceptors (Lipinski definition) is 2. The lowest BCUT2D eigenvalue weighted by molar-refractivity contribution is -0.322. The van der Waals surface area contributed by atoms with Crippen molar-refractivity contribution in [3.8, 4) is 0 Å². The van der Waals surface area contributed by atoms with Crippen molar-refractivity contribution in [1.29, 1.82) is 0 Å². The summed E-state index contributed by atoms with van der Waals surface area (Å²) in [4.78, 5) is 13.1. The molecule has 0 aromatic carbocycles. The summed E-state index contributed by atoms with van der Waals surface area (Å²) in [5.74, 6) is -9.65. The van der Waals surface area contributed by atoms with E-state index in [0.717, 1.165) is 25.7 Å². The lowest BCUT2D eigenvalue weighted by atomic mass is 9.46. The second-order valence-corrected chi connectivity index (χ2v) is 10.1. The van der Waals surface area contributed by atoms with Gasteiger partial charge in [-0.1, -0.05) is 6.92 Å². The Morgan fingerprint density at radius 3 is 1.82 bits per heavy atom. The van der Waals surface area contributed by atoms with Gasteiger partial charge in [-0.25, -0.2) is 13.2 Å². The minimum atomic E-state index is -4.44. The second kappa shape index (κ2) is 6.07. The molecular weight excluding hydrogens is 379 g/mol. The van der Waals surface area contributed by atoms with Crippen LogP contribution in [0.3, 0.4) is 0 Å². The van der Waals surface area contributed by atoms with Gasteiger partial charge in [0.1, 0.15) is 0 Å². The zero-order valence-corrected chi connectivity index (χ0v) is 16.6. The van der Waals surface area contributed by atoms with E-state index in [0.29, 0.717) is 11.8 Å². The molecule has 0 radical (unpaired) electrons. The Morgan fingerprint density at radius 2 is 1.36 bits per heavy atom. The molecule has 0 aromatic heterocycles. The maximum absolute atomic E-state index is 14.7. The Bertz CT molecular complexity index is 631. The van der Waals surface area contributed by atoms with Gasteiger partial charge in [0.15, 0.2) is 6.10 Å². The van der Waals surface area contributed by atoms with Crippen LogP contribution >= 0.6 is 0 Å². The quantitative estimate of drug-likeness (QED) is 0.436. The molecule has 0 aliphatic heterocycles. The predicted molar refractivity (Wildman–Crippen MR) is 92.8 cm³/mol.